The van der Waals surface area contributed by atoms with E-state index < -0.39 is 0 Å². The first kappa shape index (κ1) is 47.3. The zero-order valence-corrected chi connectivity index (χ0v) is 39.3. The molecule has 8 rings (SSSR count). The Hall–Kier alpha value is -4.37. The number of aromatic hydroxyl groups is 2. The second-order valence-corrected chi connectivity index (χ2v) is 18.2. The first-order valence-electron chi connectivity index (χ1n) is 20.8. The van der Waals surface area contributed by atoms with Crippen LogP contribution in [0.15, 0.2) is 121 Å². The van der Waals surface area contributed by atoms with Crippen molar-refractivity contribution in [2.45, 2.75) is 117 Å². The molecule has 2 aliphatic rings. The number of rotatable bonds is 6. The third-order valence-electron chi connectivity index (χ3n) is 13.3. The fourth-order valence-electron chi connectivity index (χ4n) is 9.74. The van der Waals surface area contributed by atoms with Crippen molar-refractivity contribution in [3.05, 3.63) is 170 Å². The van der Waals surface area contributed by atoms with Gasteiger partial charge in [0.25, 0.3) is 0 Å². The SMILES string of the molecule is CCC1(CC)c2ccccc2-c2ccc(-c3cc(C(C)(C)C)ccc3O)cc21.CCC1(CC)c2ccccc2-c2ccc(-c3cc(C(C)(C)C)ccc3O)cc21.[CH3-].[CH3-].[Ti+2]. The van der Waals surface area contributed by atoms with E-state index >= 15 is 0 Å². The first-order valence-corrected chi connectivity index (χ1v) is 20.8. The largest absolute Gasteiger partial charge is 2.00 e. The molecule has 306 valence electrons. The summed E-state index contributed by atoms with van der Waals surface area (Å²) in [6.45, 7) is 22.4. The minimum atomic E-state index is 0. The van der Waals surface area contributed by atoms with Crippen LogP contribution in [0.3, 0.4) is 0 Å². The van der Waals surface area contributed by atoms with Gasteiger partial charge in [-0.2, -0.15) is 0 Å². The van der Waals surface area contributed by atoms with Gasteiger partial charge in [0.15, 0.2) is 0 Å². The molecule has 3 heteroatoms. The van der Waals surface area contributed by atoms with E-state index in [1.807, 2.05) is 24.3 Å². The topological polar surface area (TPSA) is 40.5 Å². The summed E-state index contributed by atoms with van der Waals surface area (Å²) >= 11 is 0. The molecule has 0 aromatic heterocycles. The molecule has 0 saturated heterocycles. The van der Waals surface area contributed by atoms with E-state index in [4.69, 9.17) is 0 Å². The molecular weight excluding hydrogens is 752 g/mol. The molecule has 59 heavy (non-hydrogen) atoms. The average Bonchev–Trinajstić information content (AvgIpc) is 3.64. The van der Waals surface area contributed by atoms with Gasteiger partial charge in [-0.3, -0.25) is 0 Å². The Balaban J connectivity index is 0.000000248. The molecule has 0 heterocycles. The Bertz CT molecular complexity index is 2240. The summed E-state index contributed by atoms with van der Waals surface area (Å²) in [5.41, 5.74) is 17.8. The Kier molecular flexibility index (Phi) is 14.2. The molecule has 0 unspecified atom stereocenters. The summed E-state index contributed by atoms with van der Waals surface area (Å²) < 4.78 is 0. The van der Waals surface area contributed by atoms with Crippen LogP contribution in [0.25, 0.3) is 44.5 Å². The minimum absolute atomic E-state index is 0. The third-order valence-corrected chi connectivity index (χ3v) is 13.3. The number of hydrogen-bond acceptors (Lipinski definition) is 2. The molecule has 0 spiro atoms. The van der Waals surface area contributed by atoms with Crippen LogP contribution >= 0.6 is 0 Å². The maximum Gasteiger partial charge on any atom is 2.00 e. The summed E-state index contributed by atoms with van der Waals surface area (Å²) in [4.78, 5) is 0. The molecule has 2 aliphatic carbocycles. The third kappa shape index (κ3) is 8.01. The van der Waals surface area contributed by atoms with E-state index in [1.54, 1.807) is 0 Å². The van der Waals surface area contributed by atoms with E-state index in [0.29, 0.717) is 11.5 Å². The molecule has 0 aliphatic heterocycles. The van der Waals surface area contributed by atoms with Crippen molar-refractivity contribution in [2.75, 3.05) is 0 Å². The van der Waals surface area contributed by atoms with E-state index in [2.05, 4.69) is 166 Å². The van der Waals surface area contributed by atoms with Gasteiger partial charge < -0.3 is 25.1 Å². The van der Waals surface area contributed by atoms with Crippen molar-refractivity contribution in [3.8, 4) is 56.0 Å². The summed E-state index contributed by atoms with van der Waals surface area (Å²) in [7, 11) is 0. The smallest absolute Gasteiger partial charge is 0.507 e. The van der Waals surface area contributed by atoms with Gasteiger partial charge in [-0.05, 0) is 140 Å². The van der Waals surface area contributed by atoms with Gasteiger partial charge in [-0.25, -0.2) is 0 Å². The fraction of sp³-hybridized carbons (Fsp3) is 0.321. The molecule has 0 radical (unpaired) electrons. The molecule has 0 saturated carbocycles. The Labute approximate surface area is 372 Å². The van der Waals surface area contributed by atoms with Crippen molar-refractivity contribution >= 4 is 0 Å². The second-order valence-electron chi connectivity index (χ2n) is 18.2. The van der Waals surface area contributed by atoms with E-state index in [-0.39, 0.29) is 58.2 Å². The van der Waals surface area contributed by atoms with Crippen molar-refractivity contribution in [2.24, 2.45) is 0 Å². The average molecular weight is 819 g/mol. The van der Waals surface area contributed by atoms with Gasteiger partial charge >= 0.3 is 21.7 Å². The maximum atomic E-state index is 10.6. The van der Waals surface area contributed by atoms with Crippen LogP contribution in [-0.2, 0) is 43.4 Å². The first-order chi connectivity index (χ1) is 26.6. The number of benzene rings is 6. The summed E-state index contributed by atoms with van der Waals surface area (Å²) in [6.07, 6.45) is 4.30. The Morgan fingerprint density at radius 3 is 1.03 bits per heavy atom. The van der Waals surface area contributed by atoms with Crippen LogP contribution in [0, 0.1) is 14.9 Å². The summed E-state index contributed by atoms with van der Waals surface area (Å²) in [6, 6.07) is 43.2. The van der Waals surface area contributed by atoms with Gasteiger partial charge in [0, 0.05) is 22.0 Å². The molecule has 2 N–H and O–H groups in total. The Morgan fingerprint density at radius 2 is 0.712 bits per heavy atom. The van der Waals surface area contributed by atoms with Gasteiger partial charge in [0.1, 0.15) is 11.5 Å². The van der Waals surface area contributed by atoms with Crippen molar-refractivity contribution in [1.29, 1.82) is 0 Å². The molecule has 2 nitrogen and oxygen atoms in total. The molecule has 0 bridgehead atoms. The van der Waals surface area contributed by atoms with Crippen LogP contribution in [0.5, 0.6) is 11.5 Å². The fourth-order valence-corrected chi connectivity index (χ4v) is 9.74. The molecule has 6 aromatic rings. The molecule has 0 amide bonds. The van der Waals surface area contributed by atoms with Crippen LogP contribution < -0.4 is 0 Å². The van der Waals surface area contributed by atoms with Gasteiger partial charge in [0.2, 0.25) is 0 Å². The van der Waals surface area contributed by atoms with E-state index in [1.165, 1.54) is 55.6 Å². The van der Waals surface area contributed by atoms with Gasteiger partial charge in [-0.1, -0.05) is 154 Å². The summed E-state index contributed by atoms with van der Waals surface area (Å²) in [5, 5.41) is 21.2. The van der Waals surface area contributed by atoms with Crippen LogP contribution in [0.4, 0.5) is 0 Å². The number of phenols is 2. The van der Waals surface area contributed by atoms with E-state index in [9.17, 15) is 10.2 Å². The van der Waals surface area contributed by atoms with Crippen LogP contribution in [-0.4, -0.2) is 10.2 Å². The standard InChI is InChI=1S/2C27H30O.2CH3.Ti/c2*1-6-27(7-2)23-11-9-8-10-20(23)21-14-12-18(16-24(21)27)22-17-19(26(3,4)5)13-15-25(22)28;;;/h2*8-17,28H,6-7H2,1-5H3;2*1H3;/q;;2*-1;+2. The molecule has 6 aromatic carbocycles. The van der Waals surface area contributed by atoms with Gasteiger partial charge in [0.05, 0.1) is 0 Å². The predicted octanol–water partition coefficient (Wildman–Crippen LogP) is 15.8. The number of phenolic OH excluding ortho intramolecular Hbond substituents is 2. The molecule has 0 atom stereocenters. The maximum absolute atomic E-state index is 10.6. The van der Waals surface area contributed by atoms with Crippen LogP contribution in [0.2, 0.25) is 0 Å². The zero-order chi connectivity index (χ0) is 40.2. The van der Waals surface area contributed by atoms with Crippen molar-refractivity contribution in [3.63, 3.8) is 0 Å². The van der Waals surface area contributed by atoms with Crippen molar-refractivity contribution in [1.82, 2.24) is 0 Å². The predicted molar refractivity (Wildman–Crippen MR) is 251 cm³/mol. The quantitative estimate of drug-likeness (QED) is 0.130. The normalized spacial score (nSPS) is 13.9. The number of hydrogen-bond donors (Lipinski definition) is 2. The number of fused-ring (bicyclic) bond motifs is 6. The van der Waals surface area contributed by atoms with E-state index in [0.717, 1.165) is 47.9 Å². The molecule has 0 fully saturated rings. The monoisotopic (exact) mass is 818 g/mol. The van der Waals surface area contributed by atoms with Crippen molar-refractivity contribution < 1.29 is 31.9 Å². The zero-order valence-electron chi connectivity index (χ0n) is 37.8. The summed E-state index contributed by atoms with van der Waals surface area (Å²) in [5.74, 6) is 0.698. The second kappa shape index (κ2) is 17.7. The minimum Gasteiger partial charge on any atom is -0.507 e. The van der Waals surface area contributed by atoms with Crippen LogP contribution in [0.1, 0.15) is 128 Å². The Morgan fingerprint density at radius 1 is 0.390 bits per heavy atom. The van der Waals surface area contributed by atoms with Gasteiger partial charge in [-0.15, -0.1) is 0 Å². The molecular formula is C56H66O2Ti.